The molecule has 0 spiro atoms. The molecule has 1 aromatic rings. The predicted molar refractivity (Wildman–Crippen MR) is 59.6 cm³/mol. The first kappa shape index (κ1) is 10.7. The first-order valence-electron chi connectivity index (χ1n) is 4.09. The van der Waals surface area contributed by atoms with E-state index in [1.54, 1.807) is 0 Å². The largest absolute Gasteiger partial charge is 0.489 e. The van der Waals surface area contributed by atoms with E-state index in [1.807, 2.05) is 32.9 Å². The molecule has 0 aliphatic heterocycles. The zero-order valence-corrected chi connectivity index (χ0v) is 9.65. The Morgan fingerprint density at radius 1 is 1.46 bits per heavy atom. The second-order valence-corrected chi connectivity index (χ2v) is 4.14. The quantitative estimate of drug-likeness (QED) is 0.618. The molecule has 1 aromatic heterocycles. The summed E-state index contributed by atoms with van der Waals surface area (Å²) in [6.45, 7) is 5.94. The van der Waals surface area contributed by atoms with Gasteiger partial charge in [0.25, 0.3) is 0 Å². The van der Waals surface area contributed by atoms with Crippen LogP contribution in [0.15, 0.2) is 17.2 Å². The summed E-state index contributed by atoms with van der Waals surface area (Å²) in [5, 5.41) is 0.900. The fourth-order valence-electron chi connectivity index (χ4n) is 0.955. The lowest BCUT2D eigenvalue weighted by atomic mass is 10.3. The smallest absolute Gasteiger partial charge is 0.140 e. The van der Waals surface area contributed by atoms with Gasteiger partial charge in [-0.2, -0.15) is 0 Å². The van der Waals surface area contributed by atoms with E-state index in [0.717, 1.165) is 16.5 Å². The molecule has 0 fully saturated rings. The van der Waals surface area contributed by atoms with E-state index in [4.69, 9.17) is 4.74 Å². The standard InChI is InChI=1S/C9H13NOS2/c1-6(2)11-8-4-5-9(13-12)10-7(8)3/h4-6,12H,1-3H3. The molecular weight excluding hydrogens is 202 g/mol. The molecule has 0 N–H and O–H groups in total. The summed E-state index contributed by atoms with van der Waals surface area (Å²) in [5.41, 5.74) is 0.910. The molecule has 1 heterocycles. The molecule has 0 aromatic carbocycles. The Hall–Kier alpha value is -0.350. The first-order chi connectivity index (χ1) is 6.13. The predicted octanol–water partition coefficient (Wildman–Crippen LogP) is 3.11. The van der Waals surface area contributed by atoms with Crippen LogP contribution >= 0.6 is 22.5 Å². The van der Waals surface area contributed by atoms with Crippen LogP contribution in [-0.2, 0) is 0 Å². The summed E-state index contributed by atoms with van der Waals surface area (Å²) in [6.07, 6.45) is 0.190. The van der Waals surface area contributed by atoms with Gasteiger partial charge in [0.05, 0.1) is 11.8 Å². The molecule has 4 heteroatoms. The summed E-state index contributed by atoms with van der Waals surface area (Å²) in [7, 11) is 1.34. The maximum atomic E-state index is 5.55. The first-order valence-corrected chi connectivity index (χ1v) is 5.96. The van der Waals surface area contributed by atoms with E-state index in [9.17, 15) is 0 Å². The van der Waals surface area contributed by atoms with Gasteiger partial charge in [0, 0.05) is 0 Å². The number of hydrogen-bond donors (Lipinski definition) is 1. The van der Waals surface area contributed by atoms with Gasteiger partial charge in [-0.15, -0.1) is 11.7 Å². The molecule has 0 aliphatic carbocycles. The summed E-state index contributed by atoms with van der Waals surface area (Å²) in [6, 6.07) is 3.84. The van der Waals surface area contributed by atoms with Crippen molar-refractivity contribution in [1.29, 1.82) is 0 Å². The van der Waals surface area contributed by atoms with Crippen LogP contribution in [0.2, 0.25) is 0 Å². The molecule has 0 unspecified atom stereocenters. The average Bonchev–Trinajstić information content (AvgIpc) is 2.08. The van der Waals surface area contributed by atoms with E-state index in [-0.39, 0.29) is 6.10 Å². The highest BCUT2D eigenvalue weighted by molar-refractivity contribution is 8.68. The Morgan fingerprint density at radius 2 is 2.15 bits per heavy atom. The number of pyridine rings is 1. The van der Waals surface area contributed by atoms with Crippen LogP contribution in [0.3, 0.4) is 0 Å². The summed E-state index contributed by atoms with van der Waals surface area (Å²) >= 11 is 4.07. The molecule has 0 aliphatic rings. The van der Waals surface area contributed by atoms with Crippen molar-refractivity contribution in [2.45, 2.75) is 31.9 Å². The van der Waals surface area contributed by atoms with Crippen molar-refractivity contribution < 1.29 is 4.74 Å². The van der Waals surface area contributed by atoms with Crippen LogP contribution in [0.5, 0.6) is 5.75 Å². The fourth-order valence-corrected chi connectivity index (χ4v) is 1.57. The van der Waals surface area contributed by atoms with Crippen LogP contribution in [0.4, 0.5) is 0 Å². The minimum Gasteiger partial charge on any atom is -0.489 e. The molecule has 72 valence electrons. The number of thiol groups is 1. The van der Waals surface area contributed by atoms with Crippen molar-refractivity contribution in [1.82, 2.24) is 4.98 Å². The van der Waals surface area contributed by atoms with Crippen molar-refractivity contribution in [3.63, 3.8) is 0 Å². The summed E-state index contributed by atoms with van der Waals surface area (Å²) in [4.78, 5) is 4.31. The Bertz CT molecular complexity index is 289. The summed E-state index contributed by atoms with van der Waals surface area (Å²) < 4.78 is 5.55. The van der Waals surface area contributed by atoms with Crippen LogP contribution in [0, 0.1) is 6.92 Å². The molecule has 1 rings (SSSR count). The third kappa shape index (κ3) is 3.12. The van der Waals surface area contributed by atoms with Gasteiger partial charge < -0.3 is 4.74 Å². The lowest BCUT2D eigenvalue weighted by Gasteiger charge is -2.11. The van der Waals surface area contributed by atoms with Crippen molar-refractivity contribution in [2.24, 2.45) is 0 Å². The Balaban J connectivity index is 2.85. The number of aromatic nitrogens is 1. The lowest BCUT2D eigenvalue weighted by molar-refractivity contribution is 0.239. The molecule has 0 radical (unpaired) electrons. The van der Waals surface area contributed by atoms with E-state index in [1.165, 1.54) is 10.8 Å². The van der Waals surface area contributed by atoms with E-state index >= 15 is 0 Å². The van der Waals surface area contributed by atoms with Gasteiger partial charge in [-0.1, -0.05) is 0 Å². The van der Waals surface area contributed by atoms with Gasteiger partial charge in [0.2, 0.25) is 0 Å². The number of hydrogen-bond acceptors (Lipinski definition) is 4. The Labute approximate surface area is 87.9 Å². The number of aryl methyl sites for hydroxylation is 1. The van der Waals surface area contributed by atoms with Gasteiger partial charge in [0.15, 0.2) is 0 Å². The maximum absolute atomic E-state index is 5.55. The van der Waals surface area contributed by atoms with Crippen LogP contribution in [-0.4, -0.2) is 11.1 Å². The average molecular weight is 215 g/mol. The van der Waals surface area contributed by atoms with Crippen molar-refractivity contribution in [2.75, 3.05) is 0 Å². The zero-order chi connectivity index (χ0) is 9.84. The second kappa shape index (κ2) is 4.77. The molecule has 0 bridgehead atoms. The van der Waals surface area contributed by atoms with Crippen LogP contribution in [0.25, 0.3) is 0 Å². The topological polar surface area (TPSA) is 22.1 Å². The Morgan fingerprint density at radius 3 is 2.62 bits per heavy atom. The number of nitrogens with zero attached hydrogens (tertiary/aromatic N) is 1. The normalized spacial score (nSPS) is 10.5. The van der Waals surface area contributed by atoms with Gasteiger partial charge in [0.1, 0.15) is 10.8 Å². The third-order valence-electron chi connectivity index (χ3n) is 1.47. The maximum Gasteiger partial charge on any atom is 0.140 e. The fraction of sp³-hybridized carbons (Fsp3) is 0.444. The van der Waals surface area contributed by atoms with Crippen molar-refractivity contribution in [3.8, 4) is 5.75 Å². The molecule has 0 atom stereocenters. The van der Waals surface area contributed by atoms with Gasteiger partial charge in [-0.3, -0.25) is 0 Å². The minimum atomic E-state index is 0.190. The molecule has 2 nitrogen and oxygen atoms in total. The molecular formula is C9H13NOS2. The number of ether oxygens (including phenoxy) is 1. The Kier molecular flexibility index (Phi) is 3.93. The van der Waals surface area contributed by atoms with E-state index < -0.39 is 0 Å². The van der Waals surface area contributed by atoms with E-state index in [0.29, 0.717) is 0 Å². The van der Waals surface area contributed by atoms with Crippen molar-refractivity contribution in [3.05, 3.63) is 17.8 Å². The number of rotatable bonds is 3. The van der Waals surface area contributed by atoms with Crippen molar-refractivity contribution >= 4 is 22.5 Å². The van der Waals surface area contributed by atoms with E-state index in [2.05, 4.69) is 16.6 Å². The third-order valence-corrected chi connectivity index (χ3v) is 2.44. The monoisotopic (exact) mass is 215 g/mol. The molecule has 0 amide bonds. The highest BCUT2D eigenvalue weighted by atomic mass is 33.1. The second-order valence-electron chi connectivity index (χ2n) is 2.99. The minimum absolute atomic E-state index is 0.190. The van der Waals surface area contributed by atoms with Gasteiger partial charge >= 0.3 is 0 Å². The van der Waals surface area contributed by atoms with Crippen LogP contribution in [0.1, 0.15) is 19.5 Å². The lowest BCUT2D eigenvalue weighted by Crippen LogP contribution is -2.07. The highest BCUT2D eigenvalue weighted by Crippen LogP contribution is 2.24. The highest BCUT2D eigenvalue weighted by Gasteiger charge is 2.03. The summed E-state index contributed by atoms with van der Waals surface area (Å²) in [5.74, 6) is 0.848. The molecule has 0 saturated carbocycles. The van der Waals surface area contributed by atoms with Gasteiger partial charge in [-0.25, -0.2) is 4.98 Å². The molecule has 0 saturated heterocycles. The van der Waals surface area contributed by atoms with Crippen LogP contribution < -0.4 is 4.74 Å². The van der Waals surface area contributed by atoms with Gasteiger partial charge in [-0.05, 0) is 43.7 Å². The zero-order valence-electron chi connectivity index (χ0n) is 7.94. The molecule has 13 heavy (non-hydrogen) atoms. The SMILES string of the molecule is Cc1nc(SS)ccc1OC(C)C.